The van der Waals surface area contributed by atoms with E-state index in [0.29, 0.717) is 23.1 Å². The molecule has 0 atom stereocenters. The normalized spacial score (nSPS) is 11.9. The first-order chi connectivity index (χ1) is 30.7. The molecule has 0 saturated carbocycles. The molecule has 0 saturated heterocycles. The summed E-state index contributed by atoms with van der Waals surface area (Å²) in [6, 6.07) is 67.0. The fourth-order valence-electron chi connectivity index (χ4n) is 9.11. The van der Waals surface area contributed by atoms with Crippen LogP contribution in [0.1, 0.15) is 0 Å². The van der Waals surface area contributed by atoms with Gasteiger partial charge in [-0.1, -0.05) is 146 Å². The van der Waals surface area contributed by atoms with Gasteiger partial charge in [0, 0.05) is 33.0 Å². The van der Waals surface area contributed by atoms with Crippen LogP contribution < -0.4 is 0 Å². The van der Waals surface area contributed by atoms with Crippen LogP contribution in [0.4, 0.5) is 0 Å². The Kier molecular flexibility index (Phi) is 7.47. The van der Waals surface area contributed by atoms with Crippen LogP contribution in [0.15, 0.2) is 199 Å². The van der Waals surface area contributed by atoms with Crippen molar-refractivity contribution in [3.8, 4) is 56.5 Å². The second kappa shape index (κ2) is 13.5. The molecule has 288 valence electrons. The Labute approximate surface area is 354 Å². The van der Waals surface area contributed by atoms with E-state index in [-0.39, 0.29) is 0 Å². The standard InChI is InChI=1S/C55H32N6O/c1-3-15-33(16-4-1)52-58-53(34-17-5-2-6-18-34)60-54(59-52)38-30-36(44-32-35-19-7-8-20-39(35)40-21-9-10-22-41(40)44)29-37(31-38)45-27-28-48-49(56-45)50-51(62-48)42-23-11-12-24-43(42)55-57-46-25-13-14-26-47(46)61(50)55/h1-32H. The molecule has 0 bridgehead atoms. The molecule has 0 unspecified atom stereocenters. The van der Waals surface area contributed by atoms with Crippen LogP contribution in [-0.2, 0) is 0 Å². The first-order valence-electron chi connectivity index (χ1n) is 20.7. The third-order valence-electron chi connectivity index (χ3n) is 12.0. The maximum atomic E-state index is 6.73. The number of fused-ring (bicyclic) bond motifs is 13. The molecule has 13 rings (SSSR count). The molecule has 0 N–H and O–H groups in total. The number of para-hydroxylation sites is 2. The Balaban J connectivity index is 1.11. The van der Waals surface area contributed by atoms with E-state index in [2.05, 4.69) is 114 Å². The average Bonchev–Trinajstić information content (AvgIpc) is 3.93. The summed E-state index contributed by atoms with van der Waals surface area (Å²) in [7, 11) is 0. The zero-order valence-electron chi connectivity index (χ0n) is 33.1. The van der Waals surface area contributed by atoms with E-state index in [1.165, 1.54) is 16.2 Å². The van der Waals surface area contributed by atoms with Crippen LogP contribution in [-0.4, -0.2) is 29.3 Å². The highest BCUT2D eigenvalue weighted by molar-refractivity contribution is 6.18. The van der Waals surface area contributed by atoms with Crippen LogP contribution in [0, 0.1) is 0 Å². The van der Waals surface area contributed by atoms with Gasteiger partial charge < -0.3 is 4.42 Å². The van der Waals surface area contributed by atoms with Crippen molar-refractivity contribution in [3.05, 3.63) is 194 Å². The van der Waals surface area contributed by atoms with Crippen molar-refractivity contribution in [3.63, 3.8) is 0 Å². The van der Waals surface area contributed by atoms with Crippen molar-refractivity contribution in [2.24, 2.45) is 0 Å². The minimum atomic E-state index is 0.568. The van der Waals surface area contributed by atoms with Gasteiger partial charge >= 0.3 is 0 Å². The molecule has 5 heterocycles. The zero-order valence-corrected chi connectivity index (χ0v) is 33.1. The maximum Gasteiger partial charge on any atom is 0.164 e. The quantitative estimate of drug-likeness (QED) is 0.161. The number of hydrogen-bond donors (Lipinski definition) is 0. The van der Waals surface area contributed by atoms with E-state index in [1.54, 1.807) is 0 Å². The number of nitrogens with zero attached hydrogens (tertiary/aromatic N) is 6. The Bertz CT molecular complexity index is 3870. The number of benzene rings is 8. The van der Waals surface area contributed by atoms with Gasteiger partial charge in [0.05, 0.1) is 16.7 Å². The van der Waals surface area contributed by atoms with Gasteiger partial charge in [-0.15, -0.1) is 0 Å². The van der Waals surface area contributed by atoms with E-state index in [1.807, 2.05) is 84.9 Å². The molecule has 5 aromatic heterocycles. The van der Waals surface area contributed by atoms with Crippen LogP contribution in [0.5, 0.6) is 0 Å². The average molecular weight is 793 g/mol. The number of aromatic nitrogens is 6. The van der Waals surface area contributed by atoms with Crippen LogP contribution in [0.3, 0.4) is 0 Å². The lowest BCUT2D eigenvalue weighted by molar-refractivity contribution is 0.671. The van der Waals surface area contributed by atoms with E-state index in [4.69, 9.17) is 29.3 Å². The number of hydrogen-bond acceptors (Lipinski definition) is 6. The monoisotopic (exact) mass is 792 g/mol. The molecule has 0 fully saturated rings. The van der Waals surface area contributed by atoms with E-state index in [0.717, 1.165) is 88.5 Å². The Hall–Kier alpha value is -8.55. The molecule has 7 heteroatoms. The number of pyridine rings is 2. The molecular formula is C55H32N6O. The van der Waals surface area contributed by atoms with E-state index in [9.17, 15) is 0 Å². The minimum Gasteiger partial charge on any atom is -0.452 e. The summed E-state index contributed by atoms with van der Waals surface area (Å²) >= 11 is 0. The van der Waals surface area contributed by atoms with Gasteiger partial charge in [0.15, 0.2) is 28.6 Å². The van der Waals surface area contributed by atoms with Crippen LogP contribution in [0.2, 0.25) is 0 Å². The van der Waals surface area contributed by atoms with Crippen molar-refractivity contribution in [1.82, 2.24) is 29.3 Å². The second-order valence-corrected chi connectivity index (χ2v) is 15.7. The number of imidazole rings is 1. The van der Waals surface area contributed by atoms with E-state index < -0.39 is 0 Å². The van der Waals surface area contributed by atoms with Crippen molar-refractivity contribution in [2.75, 3.05) is 0 Å². The van der Waals surface area contributed by atoms with E-state index >= 15 is 0 Å². The lowest BCUT2D eigenvalue weighted by Crippen LogP contribution is -2.00. The lowest BCUT2D eigenvalue weighted by Gasteiger charge is -2.15. The number of rotatable bonds is 5. The van der Waals surface area contributed by atoms with Gasteiger partial charge in [0.25, 0.3) is 0 Å². The lowest BCUT2D eigenvalue weighted by atomic mass is 9.91. The molecule has 7 nitrogen and oxygen atoms in total. The third-order valence-corrected chi connectivity index (χ3v) is 12.0. The minimum absolute atomic E-state index is 0.568. The first kappa shape index (κ1) is 34.3. The summed E-state index contributed by atoms with van der Waals surface area (Å²) in [6.45, 7) is 0. The smallest absolute Gasteiger partial charge is 0.164 e. The summed E-state index contributed by atoms with van der Waals surface area (Å²) in [6.07, 6.45) is 0. The summed E-state index contributed by atoms with van der Waals surface area (Å²) in [5.74, 6) is 1.77. The van der Waals surface area contributed by atoms with Crippen molar-refractivity contribution in [1.29, 1.82) is 0 Å². The predicted molar refractivity (Wildman–Crippen MR) is 251 cm³/mol. The Morgan fingerprint density at radius 3 is 1.73 bits per heavy atom. The van der Waals surface area contributed by atoms with Gasteiger partial charge in [-0.25, -0.2) is 24.9 Å². The van der Waals surface area contributed by atoms with Gasteiger partial charge in [-0.05, 0) is 81.2 Å². The maximum absolute atomic E-state index is 6.73. The molecule has 0 aliphatic rings. The van der Waals surface area contributed by atoms with Gasteiger partial charge in [0.2, 0.25) is 0 Å². The zero-order chi connectivity index (χ0) is 40.7. The summed E-state index contributed by atoms with van der Waals surface area (Å²) in [5.41, 5.74) is 12.4. The summed E-state index contributed by atoms with van der Waals surface area (Å²) < 4.78 is 8.94. The predicted octanol–water partition coefficient (Wildman–Crippen LogP) is 13.8. The van der Waals surface area contributed by atoms with Crippen molar-refractivity contribution in [2.45, 2.75) is 0 Å². The molecule has 62 heavy (non-hydrogen) atoms. The molecule has 0 spiro atoms. The number of furan rings is 1. The second-order valence-electron chi connectivity index (χ2n) is 15.7. The van der Waals surface area contributed by atoms with Crippen LogP contribution >= 0.6 is 0 Å². The highest BCUT2D eigenvalue weighted by Crippen LogP contribution is 2.41. The van der Waals surface area contributed by atoms with Gasteiger partial charge in [0.1, 0.15) is 16.7 Å². The molecule has 0 aliphatic heterocycles. The van der Waals surface area contributed by atoms with Crippen LogP contribution in [0.25, 0.3) is 128 Å². The fourth-order valence-corrected chi connectivity index (χ4v) is 9.11. The largest absolute Gasteiger partial charge is 0.452 e. The molecule has 0 aliphatic carbocycles. The van der Waals surface area contributed by atoms with Gasteiger partial charge in [-0.2, -0.15) is 0 Å². The van der Waals surface area contributed by atoms with Crippen molar-refractivity contribution >= 4 is 71.2 Å². The molecular weight excluding hydrogens is 761 g/mol. The molecule has 0 amide bonds. The third kappa shape index (κ3) is 5.35. The first-order valence-corrected chi connectivity index (χ1v) is 20.7. The molecule has 8 aromatic carbocycles. The van der Waals surface area contributed by atoms with Gasteiger partial charge in [-0.3, -0.25) is 4.40 Å². The highest BCUT2D eigenvalue weighted by atomic mass is 16.3. The Morgan fingerprint density at radius 2 is 0.968 bits per heavy atom. The summed E-state index contributed by atoms with van der Waals surface area (Å²) in [5, 5.41) is 6.75. The SMILES string of the molecule is c1ccc(-c2nc(-c3ccccc3)nc(-c3cc(-c4ccc5oc6c7ccccc7c7nc8ccccc8n7c6c5n4)cc(-c4cc5ccccc5c5ccccc45)c3)n2)cc1. The molecule has 13 aromatic rings. The highest BCUT2D eigenvalue weighted by Gasteiger charge is 2.22. The summed E-state index contributed by atoms with van der Waals surface area (Å²) in [4.78, 5) is 26.0. The topological polar surface area (TPSA) is 82.0 Å². The fraction of sp³-hybridized carbons (Fsp3) is 0. The van der Waals surface area contributed by atoms with Crippen molar-refractivity contribution < 1.29 is 4.42 Å². The molecule has 0 radical (unpaired) electrons. The Morgan fingerprint density at radius 1 is 0.387 bits per heavy atom.